The number of aliphatic hydroxyl groups excluding tert-OH is 1. The van der Waals surface area contributed by atoms with Crippen molar-refractivity contribution in [3.8, 4) is 0 Å². The average Bonchev–Trinajstić information content (AvgIpc) is 2.96. The normalized spacial score (nSPS) is 13.7. The van der Waals surface area contributed by atoms with Crippen LogP contribution in [0.1, 0.15) is 83.4 Å². The predicted octanol–water partition coefficient (Wildman–Crippen LogP) is 10.4. The Labute approximate surface area is 243 Å². The third-order valence-corrected chi connectivity index (χ3v) is 8.00. The molecule has 0 aliphatic carbocycles. The van der Waals surface area contributed by atoms with Gasteiger partial charge in [-0.15, -0.1) is 0 Å². The summed E-state index contributed by atoms with van der Waals surface area (Å²) in [7, 11) is 0. The standard InChI is InChI=1S/C39H48O/c1-31(2)17-15-18-32(3)27-28-38(34(5)20-16-19-33(4)29-30-40)39(35-21-9-6-10-22-35,36-23-11-7-12-24-36)37-25-13-8-14-26-37/h6-14,17,20-27,29,38,40H,15-16,18-19,28,30H2,1-5H3/b32-27+,33-29+,34-20?. The van der Waals surface area contributed by atoms with Crippen LogP contribution < -0.4 is 0 Å². The largest absolute Gasteiger partial charge is 0.392 e. The molecule has 0 saturated carbocycles. The molecule has 0 radical (unpaired) electrons. The Balaban J connectivity index is 2.22. The van der Waals surface area contributed by atoms with Crippen molar-refractivity contribution < 1.29 is 5.11 Å². The molecule has 0 aliphatic rings. The molecule has 0 bridgehead atoms. The van der Waals surface area contributed by atoms with Crippen LogP contribution >= 0.6 is 0 Å². The maximum atomic E-state index is 9.33. The zero-order valence-electron chi connectivity index (χ0n) is 25.2. The summed E-state index contributed by atoms with van der Waals surface area (Å²) in [6, 6.07) is 33.2. The van der Waals surface area contributed by atoms with Gasteiger partial charge < -0.3 is 5.11 Å². The van der Waals surface area contributed by atoms with Gasteiger partial charge in [-0.05, 0) is 83.4 Å². The fourth-order valence-corrected chi connectivity index (χ4v) is 5.85. The quantitative estimate of drug-likeness (QED) is 0.162. The summed E-state index contributed by atoms with van der Waals surface area (Å²) < 4.78 is 0. The minimum Gasteiger partial charge on any atom is -0.392 e. The second kappa shape index (κ2) is 16.0. The van der Waals surface area contributed by atoms with Crippen molar-refractivity contribution in [3.63, 3.8) is 0 Å². The van der Waals surface area contributed by atoms with Gasteiger partial charge in [-0.3, -0.25) is 0 Å². The molecule has 3 aromatic carbocycles. The highest BCUT2D eigenvalue weighted by molar-refractivity contribution is 5.53. The van der Waals surface area contributed by atoms with Crippen molar-refractivity contribution in [1.82, 2.24) is 0 Å². The molecule has 3 aromatic rings. The van der Waals surface area contributed by atoms with Crippen LogP contribution in [0.5, 0.6) is 0 Å². The lowest BCUT2D eigenvalue weighted by Gasteiger charge is -2.43. The highest BCUT2D eigenvalue weighted by Crippen LogP contribution is 2.49. The minimum atomic E-state index is -0.350. The van der Waals surface area contributed by atoms with E-state index in [-0.39, 0.29) is 17.9 Å². The van der Waals surface area contributed by atoms with Crippen molar-refractivity contribution in [2.45, 2.75) is 72.1 Å². The smallest absolute Gasteiger partial charge is 0.0614 e. The van der Waals surface area contributed by atoms with E-state index in [0.717, 1.165) is 32.1 Å². The summed E-state index contributed by atoms with van der Waals surface area (Å²) in [6.07, 6.45) is 14.2. The zero-order chi connectivity index (χ0) is 28.8. The highest BCUT2D eigenvalue weighted by atomic mass is 16.2. The molecule has 0 heterocycles. The average molecular weight is 533 g/mol. The number of rotatable bonds is 14. The molecule has 40 heavy (non-hydrogen) atoms. The van der Waals surface area contributed by atoms with E-state index in [1.165, 1.54) is 39.0 Å². The summed E-state index contributed by atoms with van der Waals surface area (Å²) in [4.78, 5) is 0. The summed E-state index contributed by atoms with van der Waals surface area (Å²) in [5, 5.41) is 9.33. The van der Waals surface area contributed by atoms with Gasteiger partial charge >= 0.3 is 0 Å². The molecule has 1 nitrogen and oxygen atoms in total. The Bertz CT molecular complexity index is 1180. The summed E-state index contributed by atoms with van der Waals surface area (Å²) in [5.74, 6) is 0.222. The molecule has 0 aromatic heterocycles. The van der Waals surface area contributed by atoms with Crippen molar-refractivity contribution in [1.29, 1.82) is 0 Å². The first kappa shape index (κ1) is 31.1. The molecule has 1 unspecified atom stereocenters. The lowest BCUT2D eigenvalue weighted by Crippen LogP contribution is -2.38. The van der Waals surface area contributed by atoms with Gasteiger partial charge in [-0.1, -0.05) is 138 Å². The Morgan fingerprint density at radius 3 is 1.45 bits per heavy atom. The minimum absolute atomic E-state index is 0.104. The fourth-order valence-electron chi connectivity index (χ4n) is 5.85. The van der Waals surface area contributed by atoms with Crippen LogP contribution in [0.3, 0.4) is 0 Å². The van der Waals surface area contributed by atoms with Gasteiger partial charge in [-0.2, -0.15) is 0 Å². The van der Waals surface area contributed by atoms with Gasteiger partial charge in [0.05, 0.1) is 12.0 Å². The molecule has 0 saturated heterocycles. The van der Waals surface area contributed by atoms with E-state index < -0.39 is 0 Å². The monoisotopic (exact) mass is 532 g/mol. The lowest BCUT2D eigenvalue weighted by molar-refractivity contribution is 0.341. The third-order valence-electron chi connectivity index (χ3n) is 8.00. The van der Waals surface area contributed by atoms with Crippen molar-refractivity contribution in [2.75, 3.05) is 6.61 Å². The van der Waals surface area contributed by atoms with E-state index in [4.69, 9.17) is 0 Å². The molecule has 1 N–H and O–H groups in total. The molecule has 0 spiro atoms. The summed E-state index contributed by atoms with van der Waals surface area (Å²) >= 11 is 0. The molecular formula is C39H48O. The van der Waals surface area contributed by atoms with Gasteiger partial charge in [0.2, 0.25) is 0 Å². The van der Waals surface area contributed by atoms with E-state index in [0.29, 0.717) is 0 Å². The van der Waals surface area contributed by atoms with Gasteiger partial charge in [0.15, 0.2) is 0 Å². The second-order valence-corrected chi connectivity index (χ2v) is 11.3. The Morgan fingerprint density at radius 1 is 0.600 bits per heavy atom. The lowest BCUT2D eigenvalue weighted by atomic mass is 9.59. The second-order valence-electron chi connectivity index (χ2n) is 11.3. The van der Waals surface area contributed by atoms with E-state index in [1.807, 2.05) is 6.08 Å². The van der Waals surface area contributed by atoms with Crippen LogP contribution in [0.15, 0.2) is 138 Å². The highest BCUT2D eigenvalue weighted by Gasteiger charge is 2.43. The van der Waals surface area contributed by atoms with Gasteiger partial charge in [0.25, 0.3) is 0 Å². The third kappa shape index (κ3) is 8.29. The van der Waals surface area contributed by atoms with Crippen molar-refractivity contribution >= 4 is 0 Å². The van der Waals surface area contributed by atoms with Crippen molar-refractivity contribution in [3.05, 3.63) is 154 Å². The molecule has 1 heteroatoms. The first-order valence-electron chi connectivity index (χ1n) is 14.8. The summed E-state index contributed by atoms with van der Waals surface area (Å²) in [6.45, 7) is 11.2. The first-order chi connectivity index (χ1) is 19.4. The maximum Gasteiger partial charge on any atom is 0.0614 e. The predicted molar refractivity (Wildman–Crippen MR) is 174 cm³/mol. The Kier molecular flexibility index (Phi) is 12.4. The molecule has 0 fully saturated rings. The zero-order valence-corrected chi connectivity index (χ0v) is 25.2. The van der Waals surface area contributed by atoms with Crippen LogP contribution in [-0.2, 0) is 5.41 Å². The van der Waals surface area contributed by atoms with E-state index in [1.54, 1.807) is 0 Å². The topological polar surface area (TPSA) is 20.2 Å². The van der Waals surface area contributed by atoms with E-state index in [9.17, 15) is 5.11 Å². The Morgan fingerprint density at radius 2 is 1.02 bits per heavy atom. The van der Waals surface area contributed by atoms with E-state index >= 15 is 0 Å². The SMILES string of the molecule is CC(C)=CCC/C(C)=C/CC(C(C)=CCC/C(C)=C/CO)C(c1ccccc1)(c1ccccc1)c1ccccc1. The number of hydrogen-bond donors (Lipinski definition) is 1. The molecule has 210 valence electrons. The number of benzene rings is 3. The van der Waals surface area contributed by atoms with E-state index in [2.05, 4.69) is 144 Å². The molecule has 0 amide bonds. The molecule has 3 rings (SSSR count). The van der Waals surface area contributed by atoms with Crippen LogP contribution in [0.2, 0.25) is 0 Å². The van der Waals surface area contributed by atoms with Crippen LogP contribution in [0.4, 0.5) is 0 Å². The van der Waals surface area contributed by atoms with Gasteiger partial charge in [0.1, 0.15) is 0 Å². The summed E-state index contributed by atoms with van der Waals surface area (Å²) in [5.41, 5.74) is 9.06. The van der Waals surface area contributed by atoms with Crippen molar-refractivity contribution in [2.24, 2.45) is 5.92 Å². The fraction of sp³-hybridized carbons (Fsp3) is 0.333. The number of aliphatic hydroxyl groups is 1. The van der Waals surface area contributed by atoms with Crippen LogP contribution in [0, 0.1) is 5.92 Å². The van der Waals surface area contributed by atoms with Gasteiger partial charge in [-0.25, -0.2) is 0 Å². The Hall–Kier alpha value is -3.42. The molecule has 1 atom stereocenters. The van der Waals surface area contributed by atoms with Crippen LogP contribution in [-0.4, -0.2) is 11.7 Å². The number of allylic oxidation sites excluding steroid dienone is 7. The molecule has 0 aliphatic heterocycles. The van der Waals surface area contributed by atoms with Gasteiger partial charge in [0, 0.05) is 5.92 Å². The number of hydrogen-bond acceptors (Lipinski definition) is 1. The van der Waals surface area contributed by atoms with Crippen LogP contribution in [0.25, 0.3) is 0 Å². The molecular weight excluding hydrogens is 484 g/mol. The first-order valence-corrected chi connectivity index (χ1v) is 14.8. The maximum absolute atomic E-state index is 9.33.